The Balaban J connectivity index is 2.37. The van der Waals surface area contributed by atoms with Gasteiger partial charge in [-0.15, -0.1) is 0 Å². The average Bonchev–Trinajstić information content (AvgIpc) is 2.84. The topological polar surface area (TPSA) is 65.5 Å². The SMILES string of the molecule is CCOC(=O)c1oc(-c2occc2C)nc1C. The molecule has 0 aliphatic heterocycles. The molecule has 0 aromatic carbocycles. The first-order chi connectivity index (χ1) is 8.13. The number of furan rings is 1. The number of hydrogen-bond acceptors (Lipinski definition) is 5. The van der Waals surface area contributed by atoms with Crippen molar-refractivity contribution in [1.82, 2.24) is 4.98 Å². The molecule has 5 heteroatoms. The van der Waals surface area contributed by atoms with Crippen molar-refractivity contribution >= 4 is 5.97 Å². The van der Waals surface area contributed by atoms with Gasteiger partial charge in [0.15, 0.2) is 5.76 Å². The molecule has 90 valence electrons. The predicted octanol–water partition coefficient (Wildman–Crippen LogP) is 2.73. The van der Waals surface area contributed by atoms with Crippen LogP contribution < -0.4 is 0 Å². The predicted molar refractivity (Wildman–Crippen MR) is 59.6 cm³/mol. The van der Waals surface area contributed by atoms with Crippen LogP contribution in [0.2, 0.25) is 0 Å². The largest absolute Gasteiger partial charge is 0.460 e. The van der Waals surface area contributed by atoms with Gasteiger partial charge in [0.05, 0.1) is 18.6 Å². The van der Waals surface area contributed by atoms with Crippen LogP contribution in [0.1, 0.15) is 28.7 Å². The maximum atomic E-state index is 11.5. The van der Waals surface area contributed by atoms with Crippen molar-refractivity contribution in [3.05, 3.63) is 29.3 Å². The Bertz CT molecular complexity index is 538. The molecule has 2 heterocycles. The number of ether oxygens (including phenoxy) is 1. The summed E-state index contributed by atoms with van der Waals surface area (Å²) in [6.07, 6.45) is 1.55. The molecule has 0 saturated heterocycles. The van der Waals surface area contributed by atoms with Gasteiger partial charge < -0.3 is 13.6 Å². The zero-order valence-corrected chi connectivity index (χ0v) is 9.94. The fourth-order valence-electron chi connectivity index (χ4n) is 1.47. The van der Waals surface area contributed by atoms with Crippen LogP contribution in [0.25, 0.3) is 11.7 Å². The van der Waals surface area contributed by atoms with E-state index in [0.717, 1.165) is 5.56 Å². The molecule has 2 aromatic heterocycles. The van der Waals surface area contributed by atoms with Crippen molar-refractivity contribution in [2.24, 2.45) is 0 Å². The van der Waals surface area contributed by atoms with Crippen LogP contribution in [-0.4, -0.2) is 17.6 Å². The third-order valence-electron chi connectivity index (χ3n) is 2.31. The second kappa shape index (κ2) is 4.45. The van der Waals surface area contributed by atoms with E-state index in [-0.39, 0.29) is 5.76 Å². The van der Waals surface area contributed by atoms with Gasteiger partial charge in [-0.25, -0.2) is 9.78 Å². The molecule has 0 radical (unpaired) electrons. The van der Waals surface area contributed by atoms with E-state index in [1.807, 2.05) is 6.92 Å². The number of hydrogen-bond donors (Lipinski definition) is 0. The molecule has 0 N–H and O–H groups in total. The number of carbonyl (C=O) groups excluding carboxylic acids is 1. The maximum absolute atomic E-state index is 11.5. The molecule has 0 atom stereocenters. The third-order valence-corrected chi connectivity index (χ3v) is 2.31. The zero-order valence-electron chi connectivity index (χ0n) is 9.94. The lowest BCUT2D eigenvalue weighted by Crippen LogP contribution is -2.04. The number of rotatable bonds is 3. The van der Waals surface area contributed by atoms with Crippen molar-refractivity contribution in [3.63, 3.8) is 0 Å². The summed E-state index contributed by atoms with van der Waals surface area (Å²) in [5.41, 5.74) is 1.40. The fourth-order valence-corrected chi connectivity index (χ4v) is 1.47. The Labute approximate surface area is 98.4 Å². The Morgan fingerprint density at radius 3 is 2.82 bits per heavy atom. The van der Waals surface area contributed by atoms with Crippen LogP contribution in [0, 0.1) is 13.8 Å². The number of esters is 1. The Kier molecular flexibility index (Phi) is 2.99. The Morgan fingerprint density at radius 1 is 1.47 bits per heavy atom. The van der Waals surface area contributed by atoms with Gasteiger partial charge in [0.25, 0.3) is 5.89 Å². The highest BCUT2D eigenvalue weighted by Gasteiger charge is 2.21. The summed E-state index contributed by atoms with van der Waals surface area (Å²) < 4.78 is 15.5. The molecular formula is C12H13NO4. The molecule has 0 spiro atoms. The zero-order chi connectivity index (χ0) is 12.4. The van der Waals surface area contributed by atoms with Crippen LogP contribution in [0.3, 0.4) is 0 Å². The van der Waals surface area contributed by atoms with E-state index >= 15 is 0 Å². The summed E-state index contributed by atoms with van der Waals surface area (Å²) in [7, 11) is 0. The van der Waals surface area contributed by atoms with Crippen LogP contribution in [0.15, 0.2) is 21.2 Å². The number of nitrogens with zero attached hydrogens (tertiary/aromatic N) is 1. The summed E-state index contributed by atoms with van der Waals surface area (Å²) in [5, 5.41) is 0. The minimum atomic E-state index is -0.507. The van der Waals surface area contributed by atoms with E-state index in [1.165, 1.54) is 0 Å². The monoisotopic (exact) mass is 235 g/mol. The average molecular weight is 235 g/mol. The molecule has 0 saturated carbocycles. The van der Waals surface area contributed by atoms with E-state index < -0.39 is 5.97 Å². The smallest absolute Gasteiger partial charge is 0.376 e. The maximum Gasteiger partial charge on any atom is 0.376 e. The molecule has 17 heavy (non-hydrogen) atoms. The lowest BCUT2D eigenvalue weighted by Gasteiger charge is -1.97. The molecule has 5 nitrogen and oxygen atoms in total. The van der Waals surface area contributed by atoms with Crippen molar-refractivity contribution in [2.75, 3.05) is 6.61 Å². The second-order valence-electron chi connectivity index (χ2n) is 3.59. The minimum Gasteiger partial charge on any atom is -0.460 e. The number of aromatic nitrogens is 1. The fraction of sp³-hybridized carbons (Fsp3) is 0.333. The lowest BCUT2D eigenvalue weighted by atomic mass is 10.3. The van der Waals surface area contributed by atoms with E-state index in [2.05, 4.69) is 4.98 Å². The van der Waals surface area contributed by atoms with Crippen LogP contribution in [0.5, 0.6) is 0 Å². The van der Waals surface area contributed by atoms with Gasteiger partial charge in [-0.3, -0.25) is 0 Å². The highest BCUT2D eigenvalue weighted by Crippen LogP contribution is 2.25. The Hall–Kier alpha value is -2.04. The van der Waals surface area contributed by atoms with Crippen molar-refractivity contribution < 1.29 is 18.4 Å². The Morgan fingerprint density at radius 2 is 2.24 bits per heavy atom. The first kappa shape index (κ1) is 11.4. The summed E-state index contributed by atoms with van der Waals surface area (Å²) in [6, 6.07) is 1.80. The molecule has 0 bridgehead atoms. The van der Waals surface area contributed by atoms with Crippen LogP contribution in [-0.2, 0) is 4.74 Å². The van der Waals surface area contributed by atoms with E-state index in [4.69, 9.17) is 13.6 Å². The third kappa shape index (κ3) is 2.08. The van der Waals surface area contributed by atoms with Crippen LogP contribution >= 0.6 is 0 Å². The summed E-state index contributed by atoms with van der Waals surface area (Å²) in [5.74, 6) is 0.447. The molecule has 2 rings (SSSR count). The van der Waals surface area contributed by atoms with Gasteiger partial charge in [0, 0.05) is 5.56 Å². The molecular weight excluding hydrogens is 222 g/mol. The van der Waals surface area contributed by atoms with Gasteiger partial charge in [0.1, 0.15) is 0 Å². The lowest BCUT2D eigenvalue weighted by molar-refractivity contribution is 0.0490. The number of oxazole rings is 1. The number of aryl methyl sites for hydroxylation is 2. The van der Waals surface area contributed by atoms with Gasteiger partial charge in [-0.2, -0.15) is 0 Å². The van der Waals surface area contributed by atoms with E-state index in [9.17, 15) is 4.79 Å². The van der Waals surface area contributed by atoms with Crippen molar-refractivity contribution in [2.45, 2.75) is 20.8 Å². The minimum absolute atomic E-state index is 0.123. The molecule has 0 fully saturated rings. The molecule has 0 unspecified atom stereocenters. The first-order valence-corrected chi connectivity index (χ1v) is 5.32. The summed E-state index contributed by atoms with van der Waals surface area (Å²) in [4.78, 5) is 15.7. The molecule has 0 aliphatic rings. The van der Waals surface area contributed by atoms with Gasteiger partial charge in [0.2, 0.25) is 5.76 Å². The highest BCUT2D eigenvalue weighted by molar-refractivity contribution is 5.87. The number of carbonyl (C=O) groups is 1. The van der Waals surface area contributed by atoms with Gasteiger partial charge in [-0.1, -0.05) is 0 Å². The molecule has 0 aliphatic carbocycles. The standard InChI is InChI=1S/C12H13NO4/c1-4-15-12(14)10-8(3)13-11(17-10)9-7(2)5-6-16-9/h5-6H,4H2,1-3H3. The summed E-state index contributed by atoms with van der Waals surface area (Å²) in [6.45, 7) is 5.61. The van der Waals surface area contributed by atoms with Crippen molar-refractivity contribution in [3.8, 4) is 11.7 Å². The summed E-state index contributed by atoms with van der Waals surface area (Å²) >= 11 is 0. The molecule has 0 amide bonds. The second-order valence-corrected chi connectivity index (χ2v) is 3.59. The highest BCUT2D eigenvalue weighted by atomic mass is 16.5. The van der Waals surface area contributed by atoms with E-state index in [0.29, 0.717) is 24.0 Å². The van der Waals surface area contributed by atoms with E-state index in [1.54, 1.807) is 26.2 Å². The normalized spacial score (nSPS) is 10.5. The van der Waals surface area contributed by atoms with Gasteiger partial charge >= 0.3 is 5.97 Å². The quantitative estimate of drug-likeness (QED) is 0.765. The van der Waals surface area contributed by atoms with Crippen molar-refractivity contribution in [1.29, 1.82) is 0 Å². The molecule has 2 aromatic rings. The first-order valence-electron chi connectivity index (χ1n) is 5.32. The van der Waals surface area contributed by atoms with Crippen LogP contribution in [0.4, 0.5) is 0 Å². The van der Waals surface area contributed by atoms with Gasteiger partial charge in [-0.05, 0) is 26.8 Å².